The van der Waals surface area contributed by atoms with Crippen LogP contribution in [0.3, 0.4) is 0 Å². The lowest BCUT2D eigenvalue weighted by molar-refractivity contribution is -0.132. The van der Waals surface area contributed by atoms with Crippen molar-refractivity contribution in [1.82, 2.24) is 20.5 Å². The Bertz CT molecular complexity index is 1060. The van der Waals surface area contributed by atoms with E-state index >= 15 is 0 Å². The Labute approximate surface area is 186 Å². The van der Waals surface area contributed by atoms with E-state index in [9.17, 15) is 19.2 Å². The molecule has 0 bridgehead atoms. The Balaban J connectivity index is 1.57. The summed E-state index contributed by atoms with van der Waals surface area (Å²) in [5.74, 6) is 0.0147. The van der Waals surface area contributed by atoms with Crippen molar-refractivity contribution in [1.29, 1.82) is 0 Å². The van der Waals surface area contributed by atoms with Crippen LogP contribution in [-0.2, 0) is 20.7 Å². The van der Waals surface area contributed by atoms with Crippen LogP contribution in [0, 0.1) is 12.8 Å². The first-order valence-corrected chi connectivity index (χ1v) is 10.8. The minimum Gasteiger partial charge on any atom is -0.453 e. The highest BCUT2D eigenvalue weighted by molar-refractivity contribution is 5.86. The zero-order valence-electron chi connectivity index (χ0n) is 18.7. The number of H-pyrrole nitrogens is 1. The number of hydrogen-bond acceptors (Lipinski definition) is 5. The molecule has 9 heteroatoms. The summed E-state index contributed by atoms with van der Waals surface area (Å²) in [6.07, 6.45) is 1.68. The highest BCUT2D eigenvalue weighted by Gasteiger charge is 2.28. The average molecular weight is 443 g/mol. The van der Waals surface area contributed by atoms with Crippen LogP contribution in [0.5, 0.6) is 0 Å². The van der Waals surface area contributed by atoms with Crippen LogP contribution >= 0.6 is 0 Å². The summed E-state index contributed by atoms with van der Waals surface area (Å²) in [5, 5.41) is 6.08. The van der Waals surface area contributed by atoms with E-state index < -0.39 is 12.1 Å². The van der Waals surface area contributed by atoms with E-state index in [4.69, 9.17) is 0 Å². The quantitative estimate of drug-likeness (QED) is 0.626. The molecular formula is C23H30N4O5. The van der Waals surface area contributed by atoms with E-state index in [0.29, 0.717) is 25.9 Å². The lowest BCUT2D eigenvalue weighted by Crippen LogP contribution is -2.48. The number of fused-ring (bicyclic) bond motifs is 1. The van der Waals surface area contributed by atoms with Crippen molar-refractivity contribution in [3.8, 4) is 0 Å². The van der Waals surface area contributed by atoms with Gasteiger partial charge in [-0.05, 0) is 55.4 Å². The number of nitrogens with zero attached hydrogens (tertiary/aromatic N) is 1. The van der Waals surface area contributed by atoms with Crippen LogP contribution in [0.25, 0.3) is 10.9 Å². The molecule has 172 valence electrons. The number of amides is 3. The van der Waals surface area contributed by atoms with Crippen LogP contribution < -0.4 is 16.2 Å². The SMILES string of the molecule is CNC(=O)[C@H](CC1CCN(C(=O)Cc2ccc3[nH]c(=O)cc(C)c3c2)CC1)NC(=O)OC. The zero-order valence-corrected chi connectivity index (χ0v) is 18.7. The Hall–Kier alpha value is -3.36. The summed E-state index contributed by atoms with van der Waals surface area (Å²) < 4.78 is 4.61. The largest absolute Gasteiger partial charge is 0.453 e. The molecule has 1 fully saturated rings. The van der Waals surface area contributed by atoms with E-state index in [2.05, 4.69) is 20.4 Å². The van der Waals surface area contributed by atoms with Crippen LogP contribution in [0.4, 0.5) is 4.79 Å². The van der Waals surface area contributed by atoms with Crippen molar-refractivity contribution in [3.05, 3.63) is 45.7 Å². The molecule has 0 saturated carbocycles. The van der Waals surface area contributed by atoms with Gasteiger partial charge in [-0.3, -0.25) is 14.4 Å². The molecule has 1 aliphatic heterocycles. The second-order valence-corrected chi connectivity index (χ2v) is 8.24. The van der Waals surface area contributed by atoms with E-state index in [1.807, 2.05) is 30.0 Å². The Morgan fingerprint density at radius 1 is 1.22 bits per heavy atom. The molecule has 1 aromatic carbocycles. The number of likely N-dealkylation sites (N-methyl/N-ethyl adjacent to an activating group) is 1. The standard InChI is InChI=1S/C23H30N4O5/c1-14-10-20(28)25-18-5-4-16(11-17(14)18)13-21(29)27-8-6-15(7-9-27)12-19(22(30)24-2)26-23(31)32-3/h4-5,10-11,15,19H,6-9,12-13H2,1-3H3,(H,24,30)(H,25,28)(H,26,31)/t19-/m0/s1. The third-order valence-electron chi connectivity index (χ3n) is 6.05. The molecule has 2 aromatic rings. The van der Waals surface area contributed by atoms with Gasteiger partial charge in [0.1, 0.15) is 6.04 Å². The van der Waals surface area contributed by atoms with E-state index in [1.165, 1.54) is 14.2 Å². The number of alkyl carbamates (subject to hydrolysis) is 1. The molecular weight excluding hydrogens is 412 g/mol. The molecule has 3 amide bonds. The molecule has 0 radical (unpaired) electrons. The number of aryl methyl sites for hydroxylation is 1. The molecule has 0 unspecified atom stereocenters. The number of nitrogens with one attached hydrogen (secondary N) is 3. The molecule has 2 heterocycles. The van der Waals surface area contributed by atoms with Gasteiger partial charge in [0, 0.05) is 37.1 Å². The van der Waals surface area contributed by atoms with Gasteiger partial charge in [-0.25, -0.2) is 4.79 Å². The summed E-state index contributed by atoms with van der Waals surface area (Å²) in [5.41, 5.74) is 2.41. The predicted octanol–water partition coefficient (Wildman–Crippen LogP) is 1.48. The molecule has 1 atom stereocenters. The number of pyridine rings is 1. The smallest absolute Gasteiger partial charge is 0.407 e. The molecule has 3 rings (SSSR count). The lowest BCUT2D eigenvalue weighted by Gasteiger charge is -2.33. The van der Waals surface area contributed by atoms with Gasteiger partial charge in [0.25, 0.3) is 0 Å². The van der Waals surface area contributed by atoms with Crippen molar-refractivity contribution >= 4 is 28.8 Å². The van der Waals surface area contributed by atoms with Gasteiger partial charge < -0.3 is 25.3 Å². The number of rotatable bonds is 6. The number of likely N-dealkylation sites (tertiary alicyclic amines) is 1. The number of carbonyl (C=O) groups excluding carboxylic acids is 3. The maximum Gasteiger partial charge on any atom is 0.407 e. The maximum atomic E-state index is 12.8. The summed E-state index contributed by atoms with van der Waals surface area (Å²) in [4.78, 5) is 52.7. The lowest BCUT2D eigenvalue weighted by atomic mass is 9.89. The second-order valence-electron chi connectivity index (χ2n) is 8.24. The zero-order chi connectivity index (χ0) is 23.3. The van der Waals surface area contributed by atoms with Crippen molar-refractivity contribution in [2.24, 2.45) is 5.92 Å². The maximum absolute atomic E-state index is 12.8. The minimum absolute atomic E-state index is 0.0559. The number of hydrogen-bond donors (Lipinski definition) is 3. The van der Waals surface area contributed by atoms with Crippen LogP contribution in [0.1, 0.15) is 30.4 Å². The van der Waals surface area contributed by atoms with E-state index in [-0.39, 0.29) is 23.3 Å². The first-order valence-electron chi connectivity index (χ1n) is 10.8. The first kappa shape index (κ1) is 23.3. The van der Waals surface area contributed by atoms with Gasteiger partial charge in [-0.1, -0.05) is 6.07 Å². The van der Waals surface area contributed by atoms with Gasteiger partial charge in [0.05, 0.1) is 13.5 Å². The summed E-state index contributed by atoms with van der Waals surface area (Å²) >= 11 is 0. The van der Waals surface area contributed by atoms with Crippen molar-refractivity contribution in [3.63, 3.8) is 0 Å². The topological polar surface area (TPSA) is 121 Å². The number of aromatic nitrogens is 1. The van der Waals surface area contributed by atoms with Gasteiger partial charge in [0.15, 0.2) is 0 Å². The van der Waals surface area contributed by atoms with Crippen molar-refractivity contribution < 1.29 is 19.1 Å². The van der Waals surface area contributed by atoms with Gasteiger partial charge in [-0.15, -0.1) is 0 Å². The van der Waals surface area contributed by atoms with Gasteiger partial charge in [-0.2, -0.15) is 0 Å². The molecule has 9 nitrogen and oxygen atoms in total. The molecule has 1 aromatic heterocycles. The number of benzene rings is 1. The average Bonchev–Trinajstić information content (AvgIpc) is 2.78. The fraction of sp³-hybridized carbons (Fsp3) is 0.478. The van der Waals surface area contributed by atoms with Crippen molar-refractivity contribution in [2.45, 2.75) is 38.6 Å². The number of aromatic amines is 1. The first-order chi connectivity index (χ1) is 15.3. The molecule has 1 aliphatic rings. The molecule has 0 spiro atoms. The molecule has 0 aliphatic carbocycles. The Morgan fingerprint density at radius 3 is 2.59 bits per heavy atom. The minimum atomic E-state index is -0.660. The monoisotopic (exact) mass is 442 g/mol. The second kappa shape index (κ2) is 10.3. The number of ether oxygens (including phenoxy) is 1. The van der Waals surface area contributed by atoms with Crippen molar-refractivity contribution in [2.75, 3.05) is 27.2 Å². The summed E-state index contributed by atoms with van der Waals surface area (Å²) in [6.45, 7) is 3.11. The predicted molar refractivity (Wildman–Crippen MR) is 120 cm³/mol. The van der Waals surface area contributed by atoms with Crippen LogP contribution in [0.2, 0.25) is 0 Å². The van der Waals surface area contributed by atoms with E-state index in [1.54, 1.807) is 6.07 Å². The third kappa shape index (κ3) is 5.66. The van der Waals surface area contributed by atoms with Gasteiger partial charge in [0.2, 0.25) is 17.4 Å². The molecule has 32 heavy (non-hydrogen) atoms. The normalized spacial score (nSPS) is 15.3. The highest BCUT2D eigenvalue weighted by atomic mass is 16.5. The fourth-order valence-electron chi connectivity index (χ4n) is 4.22. The molecule has 1 saturated heterocycles. The number of methoxy groups -OCH3 is 1. The Kier molecular flexibility index (Phi) is 7.50. The fourth-order valence-corrected chi connectivity index (χ4v) is 4.22. The Morgan fingerprint density at radius 2 is 1.94 bits per heavy atom. The summed E-state index contributed by atoms with van der Waals surface area (Å²) in [7, 11) is 2.79. The number of carbonyl (C=O) groups is 3. The molecule has 3 N–H and O–H groups in total. The van der Waals surface area contributed by atoms with Crippen LogP contribution in [-0.4, -0.2) is 61.1 Å². The van der Waals surface area contributed by atoms with E-state index in [0.717, 1.165) is 34.9 Å². The third-order valence-corrected chi connectivity index (χ3v) is 6.05. The van der Waals surface area contributed by atoms with Crippen LogP contribution in [0.15, 0.2) is 29.1 Å². The highest BCUT2D eigenvalue weighted by Crippen LogP contribution is 2.23. The number of piperidine rings is 1. The van der Waals surface area contributed by atoms with Gasteiger partial charge >= 0.3 is 6.09 Å². The summed E-state index contributed by atoms with van der Waals surface area (Å²) in [6, 6.07) is 6.56.